The number of likely N-dealkylation sites (tertiary alicyclic amines) is 1. The first-order chi connectivity index (χ1) is 15.5. The molecule has 6 nitrogen and oxygen atoms in total. The standard InChI is InChI=1S/C26H31N2O4/c1-28(17-8-14-23-16-19-31-27-23)18-9-15-24(20-28)32-25(29)26(30,21-10-4-2-5-11-21)22-12-6-3-7-13-22/h2-7,10-13,16,19,24,30H,8-9,14-15,17-18,20H2,1H3/q+1. The fourth-order valence-corrected chi connectivity index (χ4v) is 4.68. The van der Waals surface area contributed by atoms with E-state index in [9.17, 15) is 9.90 Å². The Morgan fingerprint density at radius 3 is 2.38 bits per heavy atom. The summed E-state index contributed by atoms with van der Waals surface area (Å²) in [5.74, 6) is -0.615. The molecule has 0 bridgehead atoms. The van der Waals surface area contributed by atoms with Crippen LogP contribution in [0, 0.1) is 0 Å². The molecule has 2 aromatic carbocycles. The van der Waals surface area contributed by atoms with Crippen molar-refractivity contribution in [2.75, 3.05) is 26.7 Å². The molecule has 168 valence electrons. The second kappa shape index (κ2) is 9.67. The maximum absolute atomic E-state index is 13.4. The molecule has 4 rings (SSSR count). The second-order valence-corrected chi connectivity index (χ2v) is 8.96. The Morgan fingerprint density at radius 2 is 1.78 bits per heavy atom. The minimum atomic E-state index is -1.84. The Hall–Kier alpha value is -2.96. The van der Waals surface area contributed by atoms with Gasteiger partial charge in [-0.05, 0) is 24.0 Å². The van der Waals surface area contributed by atoms with Gasteiger partial charge < -0.3 is 18.8 Å². The second-order valence-electron chi connectivity index (χ2n) is 8.96. The third kappa shape index (κ3) is 4.92. The van der Waals surface area contributed by atoms with Crippen molar-refractivity contribution in [3.8, 4) is 0 Å². The molecule has 2 heterocycles. The van der Waals surface area contributed by atoms with Crippen LogP contribution in [0.2, 0.25) is 0 Å². The molecular weight excluding hydrogens is 404 g/mol. The average molecular weight is 436 g/mol. The highest BCUT2D eigenvalue weighted by atomic mass is 16.6. The summed E-state index contributed by atoms with van der Waals surface area (Å²) >= 11 is 0. The van der Waals surface area contributed by atoms with Crippen LogP contribution < -0.4 is 0 Å². The molecule has 1 aromatic heterocycles. The van der Waals surface area contributed by atoms with E-state index in [-0.39, 0.29) is 6.10 Å². The van der Waals surface area contributed by atoms with Gasteiger partial charge in [-0.2, -0.15) is 0 Å². The summed E-state index contributed by atoms with van der Waals surface area (Å²) in [6.45, 7) is 2.77. The van der Waals surface area contributed by atoms with Crippen molar-refractivity contribution >= 4 is 5.97 Å². The van der Waals surface area contributed by atoms with E-state index in [2.05, 4.69) is 12.2 Å². The van der Waals surface area contributed by atoms with E-state index in [1.54, 1.807) is 30.5 Å². The summed E-state index contributed by atoms with van der Waals surface area (Å²) in [6.07, 6.45) is 5.02. The lowest BCUT2D eigenvalue weighted by atomic mass is 9.86. The highest BCUT2D eigenvalue weighted by molar-refractivity contribution is 5.85. The van der Waals surface area contributed by atoms with Gasteiger partial charge in [-0.3, -0.25) is 0 Å². The first-order valence-electron chi connectivity index (χ1n) is 11.3. The molecule has 0 radical (unpaired) electrons. The number of rotatable bonds is 8. The van der Waals surface area contributed by atoms with Crippen LogP contribution in [0.25, 0.3) is 0 Å². The molecule has 1 aliphatic heterocycles. The van der Waals surface area contributed by atoms with Crippen LogP contribution in [0.4, 0.5) is 0 Å². The molecular formula is C26H31N2O4+. The van der Waals surface area contributed by atoms with E-state index >= 15 is 0 Å². The maximum atomic E-state index is 13.4. The third-order valence-electron chi connectivity index (χ3n) is 6.44. The number of likely N-dealkylation sites (N-methyl/N-ethyl adjacent to an activating group) is 1. The lowest BCUT2D eigenvalue weighted by Crippen LogP contribution is -2.55. The van der Waals surface area contributed by atoms with E-state index in [4.69, 9.17) is 9.26 Å². The quantitative estimate of drug-likeness (QED) is 0.432. The average Bonchev–Trinajstić information content (AvgIpc) is 3.33. The normalized spacial score (nSPS) is 21.2. The number of aliphatic hydroxyl groups is 1. The fraction of sp³-hybridized carbons (Fsp3) is 0.385. The first-order valence-corrected chi connectivity index (χ1v) is 11.3. The lowest BCUT2D eigenvalue weighted by molar-refractivity contribution is -0.917. The number of ether oxygens (including phenoxy) is 1. The van der Waals surface area contributed by atoms with Crippen molar-refractivity contribution < 1.29 is 23.6 Å². The minimum absolute atomic E-state index is 0.229. The monoisotopic (exact) mass is 435 g/mol. The van der Waals surface area contributed by atoms with Gasteiger partial charge in [-0.25, -0.2) is 4.79 Å². The molecule has 0 amide bonds. The Balaban J connectivity index is 1.46. The molecule has 2 atom stereocenters. The van der Waals surface area contributed by atoms with Gasteiger partial charge in [0.05, 0.1) is 25.8 Å². The largest absolute Gasteiger partial charge is 0.454 e. The summed E-state index contributed by atoms with van der Waals surface area (Å²) in [4.78, 5) is 13.4. The van der Waals surface area contributed by atoms with Crippen molar-refractivity contribution in [1.29, 1.82) is 0 Å². The Kier molecular flexibility index (Phi) is 6.72. The van der Waals surface area contributed by atoms with Gasteiger partial charge in [-0.15, -0.1) is 0 Å². The zero-order chi connectivity index (χ0) is 22.4. The van der Waals surface area contributed by atoms with Crippen molar-refractivity contribution in [3.05, 3.63) is 89.8 Å². The lowest BCUT2D eigenvalue weighted by Gasteiger charge is -2.41. The zero-order valence-corrected chi connectivity index (χ0v) is 18.5. The van der Waals surface area contributed by atoms with Crippen molar-refractivity contribution in [1.82, 2.24) is 5.16 Å². The highest BCUT2D eigenvalue weighted by Gasteiger charge is 2.44. The van der Waals surface area contributed by atoms with Gasteiger partial charge in [0, 0.05) is 18.9 Å². The molecule has 0 spiro atoms. The summed E-state index contributed by atoms with van der Waals surface area (Å²) in [5, 5.41) is 15.6. The topological polar surface area (TPSA) is 72.6 Å². The number of esters is 1. The maximum Gasteiger partial charge on any atom is 0.348 e. The molecule has 6 heteroatoms. The van der Waals surface area contributed by atoms with E-state index in [0.717, 1.165) is 55.5 Å². The number of quaternary nitrogens is 1. The summed E-state index contributed by atoms with van der Waals surface area (Å²) in [7, 11) is 2.21. The first kappa shape index (κ1) is 22.2. The number of nitrogens with zero attached hydrogens (tertiary/aromatic N) is 2. The third-order valence-corrected chi connectivity index (χ3v) is 6.44. The Bertz CT molecular complexity index is 952. The molecule has 32 heavy (non-hydrogen) atoms. The van der Waals surface area contributed by atoms with E-state index in [1.807, 2.05) is 42.5 Å². The van der Waals surface area contributed by atoms with Crippen LogP contribution in [0.3, 0.4) is 0 Å². The smallest absolute Gasteiger partial charge is 0.348 e. The summed E-state index contributed by atoms with van der Waals surface area (Å²) in [5.41, 5.74) is 0.150. The molecule has 1 saturated heterocycles. The van der Waals surface area contributed by atoms with Gasteiger partial charge in [-0.1, -0.05) is 65.8 Å². The number of carbonyl (C=O) groups is 1. The molecule has 1 fully saturated rings. The number of aromatic nitrogens is 1. The van der Waals surface area contributed by atoms with Crippen molar-refractivity contribution in [3.63, 3.8) is 0 Å². The number of carbonyl (C=O) groups excluding carboxylic acids is 1. The van der Waals surface area contributed by atoms with Crippen LogP contribution in [0.1, 0.15) is 36.1 Å². The van der Waals surface area contributed by atoms with E-state index < -0.39 is 11.6 Å². The Morgan fingerprint density at radius 1 is 1.12 bits per heavy atom. The van der Waals surface area contributed by atoms with Crippen molar-refractivity contribution in [2.45, 2.75) is 37.4 Å². The highest BCUT2D eigenvalue weighted by Crippen LogP contribution is 2.32. The molecule has 0 saturated carbocycles. The summed E-state index contributed by atoms with van der Waals surface area (Å²) in [6, 6.07) is 20.0. The molecule has 2 unspecified atom stereocenters. The number of benzene rings is 2. The SMILES string of the molecule is C[N+]1(CCCc2ccon2)CCCC(OC(=O)C(O)(c2ccccc2)c2ccccc2)C1. The van der Waals surface area contributed by atoms with E-state index in [1.165, 1.54) is 0 Å². The number of hydrogen-bond donors (Lipinski definition) is 1. The predicted octanol–water partition coefficient (Wildman–Crippen LogP) is 3.70. The van der Waals surface area contributed by atoms with Gasteiger partial charge in [0.1, 0.15) is 12.8 Å². The van der Waals surface area contributed by atoms with Crippen LogP contribution in [0.5, 0.6) is 0 Å². The van der Waals surface area contributed by atoms with E-state index in [0.29, 0.717) is 11.1 Å². The van der Waals surface area contributed by atoms with Gasteiger partial charge in [0.25, 0.3) is 0 Å². The molecule has 3 aromatic rings. The van der Waals surface area contributed by atoms with Gasteiger partial charge in [0.15, 0.2) is 6.10 Å². The number of piperidine rings is 1. The zero-order valence-electron chi connectivity index (χ0n) is 18.5. The van der Waals surface area contributed by atoms with Crippen LogP contribution in [-0.2, 0) is 21.6 Å². The minimum Gasteiger partial charge on any atom is -0.454 e. The van der Waals surface area contributed by atoms with Gasteiger partial charge >= 0.3 is 5.97 Å². The van der Waals surface area contributed by atoms with Crippen LogP contribution >= 0.6 is 0 Å². The molecule has 1 aliphatic rings. The van der Waals surface area contributed by atoms with Crippen LogP contribution in [-0.4, -0.2) is 53.5 Å². The number of aryl methyl sites for hydroxylation is 1. The molecule has 0 aliphatic carbocycles. The van der Waals surface area contributed by atoms with Gasteiger partial charge in [0.2, 0.25) is 5.60 Å². The molecule has 1 N–H and O–H groups in total. The predicted molar refractivity (Wildman–Crippen MR) is 121 cm³/mol. The van der Waals surface area contributed by atoms with Crippen LogP contribution in [0.15, 0.2) is 77.5 Å². The fourth-order valence-electron chi connectivity index (χ4n) is 4.68. The Labute approximate surface area is 189 Å². The summed E-state index contributed by atoms with van der Waals surface area (Å²) < 4.78 is 11.7. The van der Waals surface area contributed by atoms with Crippen molar-refractivity contribution in [2.24, 2.45) is 0 Å². The number of hydrogen-bond acceptors (Lipinski definition) is 5.